The van der Waals surface area contributed by atoms with Gasteiger partial charge in [-0.3, -0.25) is 4.79 Å². The first-order valence-corrected chi connectivity index (χ1v) is 10.3. The van der Waals surface area contributed by atoms with Gasteiger partial charge in [-0.25, -0.2) is 4.79 Å². The minimum Gasteiger partial charge on any atom is -0.450 e. The third-order valence-electron chi connectivity index (χ3n) is 4.73. The molecule has 0 spiro atoms. The molecule has 3 aromatic rings. The van der Waals surface area contributed by atoms with E-state index in [1.165, 1.54) is 5.56 Å². The Balaban J connectivity index is 1.60. The molecule has 0 aliphatic heterocycles. The van der Waals surface area contributed by atoms with Crippen molar-refractivity contribution in [3.63, 3.8) is 0 Å². The molecule has 1 N–H and O–H groups in total. The number of carbonyl (C=O) groups is 2. The first kappa shape index (κ1) is 21.6. The largest absolute Gasteiger partial charge is 0.450 e. The molecule has 2 aromatic carbocycles. The Labute approximate surface area is 176 Å². The predicted octanol–water partition coefficient (Wildman–Crippen LogP) is 5.11. The molecular weight excluding hydrogens is 382 g/mol. The van der Waals surface area contributed by atoms with Gasteiger partial charge in [0.15, 0.2) is 6.61 Å². The zero-order valence-electron chi connectivity index (χ0n) is 17.4. The Hall–Kier alpha value is -3.12. The number of carbonyl (C=O) groups excluding carboxylic acids is 2. The van der Waals surface area contributed by atoms with Gasteiger partial charge >= 0.3 is 5.97 Å². The van der Waals surface area contributed by atoms with Gasteiger partial charge in [0.05, 0.1) is 6.61 Å². The molecule has 0 aliphatic rings. The standard InChI is InChI=1S/C24H27NO5/c1-3-5-8-17-11-13-18(14-12-17)25-22(26)16-29-24(27)23-20(15-28-4-2)19-9-6-7-10-21(19)30-23/h6-7,9-14H,3-5,8,15-16H2,1-2H3,(H,25,26). The Morgan fingerprint density at radius 3 is 2.53 bits per heavy atom. The SMILES string of the molecule is CCCCc1ccc(NC(=O)COC(=O)c2oc3ccccc3c2COCC)cc1. The van der Waals surface area contributed by atoms with Crippen molar-refractivity contribution in [1.82, 2.24) is 0 Å². The molecule has 0 unspecified atom stereocenters. The maximum absolute atomic E-state index is 12.5. The number of nitrogens with one attached hydrogen (secondary N) is 1. The van der Waals surface area contributed by atoms with Crippen LogP contribution in [0.3, 0.4) is 0 Å². The zero-order chi connectivity index (χ0) is 21.3. The van der Waals surface area contributed by atoms with Gasteiger partial charge in [-0.2, -0.15) is 0 Å². The molecule has 0 radical (unpaired) electrons. The highest BCUT2D eigenvalue weighted by Crippen LogP contribution is 2.27. The molecule has 0 saturated heterocycles. The van der Waals surface area contributed by atoms with E-state index in [1.807, 2.05) is 49.4 Å². The van der Waals surface area contributed by atoms with E-state index in [9.17, 15) is 9.59 Å². The molecular formula is C24H27NO5. The van der Waals surface area contributed by atoms with E-state index in [-0.39, 0.29) is 12.4 Å². The topological polar surface area (TPSA) is 77.8 Å². The summed E-state index contributed by atoms with van der Waals surface area (Å²) in [7, 11) is 0. The highest BCUT2D eigenvalue weighted by atomic mass is 16.5. The van der Waals surface area contributed by atoms with E-state index < -0.39 is 18.5 Å². The number of amides is 1. The number of aryl methyl sites for hydroxylation is 1. The predicted molar refractivity (Wildman–Crippen MR) is 116 cm³/mol. The summed E-state index contributed by atoms with van der Waals surface area (Å²) in [6, 6.07) is 15.0. The first-order chi connectivity index (χ1) is 14.6. The van der Waals surface area contributed by atoms with Crippen LogP contribution in [0.15, 0.2) is 52.9 Å². The highest BCUT2D eigenvalue weighted by molar-refractivity contribution is 5.98. The molecule has 30 heavy (non-hydrogen) atoms. The van der Waals surface area contributed by atoms with Crippen LogP contribution in [-0.2, 0) is 27.3 Å². The summed E-state index contributed by atoms with van der Waals surface area (Å²) in [5.74, 6) is -1.03. The van der Waals surface area contributed by atoms with Crippen LogP contribution in [0.2, 0.25) is 0 Å². The molecule has 6 heteroatoms. The Bertz CT molecular complexity index is 991. The summed E-state index contributed by atoms with van der Waals surface area (Å²) in [4.78, 5) is 24.7. The van der Waals surface area contributed by atoms with Crippen molar-refractivity contribution in [3.8, 4) is 0 Å². The lowest BCUT2D eigenvalue weighted by molar-refractivity contribution is -0.119. The number of ether oxygens (including phenoxy) is 2. The zero-order valence-corrected chi connectivity index (χ0v) is 17.4. The summed E-state index contributed by atoms with van der Waals surface area (Å²) in [6.07, 6.45) is 3.29. The van der Waals surface area contributed by atoms with Crippen molar-refractivity contribution in [2.45, 2.75) is 39.7 Å². The van der Waals surface area contributed by atoms with E-state index in [0.29, 0.717) is 23.4 Å². The quantitative estimate of drug-likeness (QED) is 0.471. The molecule has 0 aliphatic carbocycles. The lowest BCUT2D eigenvalue weighted by Gasteiger charge is -2.08. The highest BCUT2D eigenvalue weighted by Gasteiger charge is 2.22. The third-order valence-corrected chi connectivity index (χ3v) is 4.73. The number of hydrogen-bond donors (Lipinski definition) is 1. The number of fused-ring (bicyclic) bond motifs is 1. The van der Waals surface area contributed by atoms with Crippen molar-refractivity contribution in [2.75, 3.05) is 18.5 Å². The summed E-state index contributed by atoms with van der Waals surface area (Å²) in [5.41, 5.74) is 3.09. The number of unbranched alkanes of at least 4 members (excludes halogenated alkanes) is 1. The fourth-order valence-electron chi connectivity index (χ4n) is 3.14. The first-order valence-electron chi connectivity index (χ1n) is 10.3. The van der Waals surface area contributed by atoms with Crippen LogP contribution in [0, 0.1) is 0 Å². The number of esters is 1. The summed E-state index contributed by atoms with van der Waals surface area (Å²) < 4.78 is 16.3. The maximum atomic E-state index is 12.5. The fraction of sp³-hybridized carbons (Fsp3) is 0.333. The number of rotatable bonds is 10. The molecule has 3 rings (SSSR count). The number of anilines is 1. The van der Waals surface area contributed by atoms with Crippen LogP contribution in [0.25, 0.3) is 11.0 Å². The van der Waals surface area contributed by atoms with Crippen LogP contribution < -0.4 is 5.32 Å². The van der Waals surface area contributed by atoms with Gasteiger partial charge in [0.2, 0.25) is 5.76 Å². The Morgan fingerprint density at radius 2 is 1.80 bits per heavy atom. The smallest absolute Gasteiger partial charge is 0.375 e. The summed E-state index contributed by atoms with van der Waals surface area (Å²) in [6.45, 7) is 4.37. The molecule has 0 saturated carbocycles. The minimum atomic E-state index is -0.689. The number of benzene rings is 2. The Kier molecular flexibility index (Phi) is 7.63. The number of hydrogen-bond acceptors (Lipinski definition) is 5. The van der Waals surface area contributed by atoms with Gasteiger partial charge in [0.25, 0.3) is 5.91 Å². The van der Waals surface area contributed by atoms with Crippen molar-refractivity contribution < 1.29 is 23.5 Å². The van der Waals surface area contributed by atoms with E-state index in [0.717, 1.165) is 24.6 Å². The van der Waals surface area contributed by atoms with Crippen molar-refractivity contribution in [3.05, 3.63) is 65.4 Å². The van der Waals surface area contributed by atoms with Gasteiger partial charge < -0.3 is 19.2 Å². The van der Waals surface area contributed by atoms with E-state index in [4.69, 9.17) is 13.9 Å². The average molecular weight is 409 g/mol. The maximum Gasteiger partial charge on any atom is 0.375 e. The monoisotopic (exact) mass is 409 g/mol. The van der Waals surface area contributed by atoms with Crippen LogP contribution in [0.5, 0.6) is 0 Å². The van der Waals surface area contributed by atoms with Gasteiger partial charge in [-0.05, 0) is 43.5 Å². The molecule has 0 atom stereocenters. The van der Waals surface area contributed by atoms with Crippen LogP contribution >= 0.6 is 0 Å². The molecule has 1 amide bonds. The van der Waals surface area contributed by atoms with Gasteiger partial charge in [0, 0.05) is 23.2 Å². The second-order valence-corrected chi connectivity index (χ2v) is 6.97. The van der Waals surface area contributed by atoms with E-state index >= 15 is 0 Å². The minimum absolute atomic E-state index is 0.0673. The van der Waals surface area contributed by atoms with E-state index in [2.05, 4.69) is 12.2 Å². The van der Waals surface area contributed by atoms with Crippen molar-refractivity contribution in [1.29, 1.82) is 0 Å². The summed E-state index contributed by atoms with van der Waals surface area (Å²) >= 11 is 0. The lowest BCUT2D eigenvalue weighted by atomic mass is 10.1. The number of para-hydroxylation sites is 1. The second-order valence-electron chi connectivity index (χ2n) is 6.97. The lowest BCUT2D eigenvalue weighted by Crippen LogP contribution is -2.21. The molecule has 0 fully saturated rings. The molecule has 1 heterocycles. The van der Waals surface area contributed by atoms with Gasteiger partial charge in [-0.1, -0.05) is 43.7 Å². The van der Waals surface area contributed by atoms with Gasteiger partial charge in [-0.15, -0.1) is 0 Å². The third kappa shape index (κ3) is 5.48. The average Bonchev–Trinajstić information content (AvgIpc) is 3.14. The molecule has 0 bridgehead atoms. The normalized spacial score (nSPS) is 10.9. The van der Waals surface area contributed by atoms with Crippen LogP contribution in [-0.4, -0.2) is 25.1 Å². The fourth-order valence-corrected chi connectivity index (χ4v) is 3.14. The van der Waals surface area contributed by atoms with Crippen molar-refractivity contribution >= 4 is 28.5 Å². The molecule has 1 aromatic heterocycles. The Morgan fingerprint density at radius 1 is 1.03 bits per heavy atom. The van der Waals surface area contributed by atoms with Crippen molar-refractivity contribution in [2.24, 2.45) is 0 Å². The second kappa shape index (κ2) is 10.6. The van der Waals surface area contributed by atoms with Crippen LogP contribution in [0.1, 0.15) is 48.4 Å². The van der Waals surface area contributed by atoms with E-state index in [1.54, 1.807) is 6.07 Å². The molecule has 6 nitrogen and oxygen atoms in total. The molecule has 158 valence electrons. The number of furan rings is 1. The summed E-state index contributed by atoms with van der Waals surface area (Å²) in [5, 5.41) is 3.53. The van der Waals surface area contributed by atoms with Crippen LogP contribution in [0.4, 0.5) is 5.69 Å². The van der Waals surface area contributed by atoms with Gasteiger partial charge in [0.1, 0.15) is 5.58 Å².